The van der Waals surface area contributed by atoms with Crippen LogP contribution in [0.2, 0.25) is 0 Å². The standard InChI is InChI=1S/C12H12ClN3O/c13-7-11-14-15-12(8-4-5-8)16(11)9-2-1-3-10(17)6-9/h1-3,6,8,17H,4-5,7H2. The van der Waals surface area contributed by atoms with E-state index in [-0.39, 0.29) is 5.75 Å². The number of phenols is 1. The largest absolute Gasteiger partial charge is 0.508 e. The normalized spacial score (nSPS) is 15.1. The summed E-state index contributed by atoms with van der Waals surface area (Å²) in [5.74, 6) is 2.71. The molecule has 17 heavy (non-hydrogen) atoms. The lowest BCUT2D eigenvalue weighted by Crippen LogP contribution is -2.03. The molecule has 4 nitrogen and oxygen atoms in total. The lowest BCUT2D eigenvalue weighted by atomic mass is 10.2. The number of alkyl halides is 1. The first-order valence-corrected chi connectivity index (χ1v) is 6.12. The molecule has 0 bridgehead atoms. The number of aromatic hydroxyl groups is 1. The highest BCUT2D eigenvalue weighted by Gasteiger charge is 2.30. The topological polar surface area (TPSA) is 50.9 Å². The molecule has 0 spiro atoms. The van der Waals surface area contributed by atoms with Crippen LogP contribution in [0.1, 0.15) is 30.4 Å². The van der Waals surface area contributed by atoms with Gasteiger partial charge in [-0.1, -0.05) is 6.07 Å². The number of hydrogen-bond acceptors (Lipinski definition) is 3. The van der Waals surface area contributed by atoms with Crippen molar-refractivity contribution in [3.05, 3.63) is 35.9 Å². The number of rotatable bonds is 3. The molecule has 1 aromatic heterocycles. The third-order valence-electron chi connectivity index (χ3n) is 2.91. The van der Waals surface area contributed by atoms with Crippen molar-refractivity contribution in [3.63, 3.8) is 0 Å². The van der Waals surface area contributed by atoms with Crippen LogP contribution in [0.5, 0.6) is 5.75 Å². The van der Waals surface area contributed by atoms with Crippen molar-refractivity contribution < 1.29 is 5.11 Å². The van der Waals surface area contributed by atoms with Gasteiger partial charge in [0.1, 0.15) is 11.6 Å². The van der Waals surface area contributed by atoms with E-state index in [2.05, 4.69) is 10.2 Å². The summed E-state index contributed by atoms with van der Waals surface area (Å²) in [5.41, 5.74) is 0.868. The zero-order valence-corrected chi connectivity index (χ0v) is 9.93. The van der Waals surface area contributed by atoms with E-state index in [9.17, 15) is 5.11 Å². The molecule has 1 saturated carbocycles. The summed E-state index contributed by atoms with van der Waals surface area (Å²) in [6, 6.07) is 7.07. The number of nitrogens with zero attached hydrogens (tertiary/aromatic N) is 3. The van der Waals surface area contributed by atoms with Gasteiger partial charge in [-0.05, 0) is 25.0 Å². The fourth-order valence-corrected chi connectivity index (χ4v) is 2.11. The number of aromatic nitrogens is 3. The van der Waals surface area contributed by atoms with E-state index >= 15 is 0 Å². The summed E-state index contributed by atoms with van der Waals surface area (Å²) in [4.78, 5) is 0. The van der Waals surface area contributed by atoms with Crippen LogP contribution in [-0.2, 0) is 5.88 Å². The molecular formula is C12H12ClN3O. The predicted molar refractivity (Wildman–Crippen MR) is 64.6 cm³/mol. The second-order valence-electron chi connectivity index (χ2n) is 4.24. The number of hydrogen-bond donors (Lipinski definition) is 1. The van der Waals surface area contributed by atoms with Gasteiger partial charge in [0, 0.05) is 12.0 Å². The number of phenolic OH excluding ortho intramolecular Hbond substituents is 1. The Bertz CT molecular complexity index is 548. The fourth-order valence-electron chi connectivity index (χ4n) is 1.94. The maximum atomic E-state index is 9.53. The quantitative estimate of drug-likeness (QED) is 0.851. The van der Waals surface area contributed by atoms with E-state index in [1.165, 1.54) is 0 Å². The minimum absolute atomic E-state index is 0.235. The molecule has 1 fully saturated rings. The third kappa shape index (κ3) is 1.89. The second kappa shape index (κ2) is 4.04. The highest BCUT2D eigenvalue weighted by Crippen LogP contribution is 2.40. The molecule has 0 atom stereocenters. The summed E-state index contributed by atoms with van der Waals surface area (Å²) in [6.07, 6.45) is 2.30. The Morgan fingerprint density at radius 2 is 2.18 bits per heavy atom. The highest BCUT2D eigenvalue weighted by atomic mass is 35.5. The SMILES string of the molecule is Oc1cccc(-n2c(CCl)nnc2C2CC2)c1. The summed E-state index contributed by atoms with van der Waals surface area (Å²) >= 11 is 5.87. The Morgan fingerprint density at radius 3 is 2.82 bits per heavy atom. The Hall–Kier alpha value is -1.55. The first kappa shape index (κ1) is 10.6. The fraction of sp³-hybridized carbons (Fsp3) is 0.333. The second-order valence-corrected chi connectivity index (χ2v) is 4.50. The molecule has 1 aliphatic carbocycles. The van der Waals surface area contributed by atoms with Gasteiger partial charge in [-0.3, -0.25) is 4.57 Å². The van der Waals surface area contributed by atoms with Gasteiger partial charge in [0.25, 0.3) is 0 Å². The summed E-state index contributed by atoms with van der Waals surface area (Å²) < 4.78 is 1.95. The van der Waals surface area contributed by atoms with Gasteiger partial charge in [-0.15, -0.1) is 21.8 Å². The van der Waals surface area contributed by atoms with Crippen molar-refractivity contribution in [2.45, 2.75) is 24.6 Å². The van der Waals surface area contributed by atoms with E-state index in [0.29, 0.717) is 11.8 Å². The molecule has 0 unspecified atom stereocenters. The molecule has 5 heteroatoms. The van der Waals surface area contributed by atoms with Crippen molar-refractivity contribution in [2.75, 3.05) is 0 Å². The van der Waals surface area contributed by atoms with Gasteiger partial charge in [0.2, 0.25) is 0 Å². The minimum atomic E-state index is 0.235. The smallest absolute Gasteiger partial charge is 0.152 e. The van der Waals surface area contributed by atoms with Gasteiger partial charge < -0.3 is 5.11 Å². The maximum Gasteiger partial charge on any atom is 0.152 e. The van der Waals surface area contributed by atoms with Crippen molar-refractivity contribution in [3.8, 4) is 11.4 Å². The molecule has 1 heterocycles. The number of benzene rings is 1. The molecule has 0 amide bonds. The molecule has 0 saturated heterocycles. The van der Waals surface area contributed by atoms with Crippen LogP contribution >= 0.6 is 11.6 Å². The van der Waals surface area contributed by atoms with Crippen molar-refractivity contribution in [1.29, 1.82) is 0 Å². The summed E-state index contributed by atoms with van der Waals surface area (Å²) in [6.45, 7) is 0. The Labute approximate surface area is 104 Å². The average molecular weight is 250 g/mol. The van der Waals surface area contributed by atoms with Crippen molar-refractivity contribution in [1.82, 2.24) is 14.8 Å². The van der Waals surface area contributed by atoms with Crippen molar-refractivity contribution >= 4 is 11.6 Å². The Balaban J connectivity index is 2.14. The minimum Gasteiger partial charge on any atom is -0.508 e. The third-order valence-corrected chi connectivity index (χ3v) is 3.14. The van der Waals surface area contributed by atoms with Crippen molar-refractivity contribution in [2.24, 2.45) is 0 Å². The van der Waals surface area contributed by atoms with Crippen LogP contribution in [0.3, 0.4) is 0 Å². The summed E-state index contributed by atoms with van der Waals surface area (Å²) in [7, 11) is 0. The first-order valence-electron chi connectivity index (χ1n) is 5.59. The predicted octanol–water partition coefficient (Wildman–Crippen LogP) is 2.59. The van der Waals surface area contributed by atoms with Crippen LogP contribution in [0.15, 0.2) is 24.3 Å². The molecule has 1 aromatic carbocycles. The lowest BCUT2D eigenvalue weighted by Gasteiger charge is -2.08. The van der Waals surface area contributed by atoms with Gasteiger partial charge in [-0.25, -0.2) is 0 Å². The maximum absolute atomic E-state index is 9.53. The highest BCUT2D eigenvalue weighted by molar-refractivity contribution is 6.16. The monoisotopic (exact) mass is 249 g/mol. The zero-order chi connectivity index (χ0) is 11.8. The van der Waals surface area contributed by atoms with Crippen LogP contribution in [0.4, 0.5) is 0 Å². The molecule has 3 rings (SSSR count). The molecule has 2 aromatic rings. The Kier molecular flexibility index (Phi) is 2.52. The van der Waals surface area contributed by atoms with E-state index in [4.69, 9.17) is 11.6 Å². The Morgan fingerprint density at radius 1 is 1.35 bits per heavy atom. The van der Waals surface area contributed by atoms with Gasteiger partial charge in [0.05, 0.1) is 11.6 Å². The van der Waals surface area contributed by atoms with Crippen LogP contribution < -0.4 is 0 Å². The molecule has 0 aliphatic heterocycles. The first-order chi connectivity index (χ1) is 8.29. The van der Waals surface area contributed by atoms with Crippen LogP contribution in [0.25, 0.3) is 5.69 Å². The van der Waals surface area contributed by atoms with E-state index in [1.807, 2.05) is 10.6 Å². The van der Waals surface area contributed by atoms with Gasteiger partial charge in [0.15, 0.2) is 5.82 Å². The number of halogens is 1. The van der Waals surface area contributed by atoms with E-state index in [1.54, 1.807) is 18.2 Å². The van der Waals surface area contributed by atoms with E-state index in [0.717, 1.165) is 30.2 Å². The van der Waals surface area contributed by atoms with Gasteiger partial charge in [-0.2, -0.15) is 0 Å². The molecular weight excluding hydrogens is 238 g/mol. The molecule has 0 radical (unpaired) electrons. The van der Waals surface area contributed by atoms with E-state index < -0.39 is 0 Å². The van der Waals surface area contributed by atoms with Gasteiger partial charge >= 0.3 is 0 Å². The summed E-state index contributed by atoms with van der Waals surface area (Å²) in [5, 5.41) is 17.8. The molecule has 1 N–H and O–H groups in total. The molecule has 1 aliphatic rings. The lowest BCUT2D eigenvalue weighted by molar-refractivity contribution is 0.475. The zero-order valence-electron chi connectivity index (χ0n) is 9.17. The van der Waals surface area contributed by atoms with Crippen LogP contribution in [0, 0.1) is 0 Å². The molecule has 88 valence electrons. The average Bonchev–Trinajstić information content (AvgIpc) is 3.08. The van der Waals surface area contributed by atoms with Crippen LogP contribution in [-0.4, -0.2) is 19.9 Å².